The molecule has 4 heteroatoms. The number of rotatable bonds is 1. The molecule has 1 aliphatic heterocycles. The first kappa shape index (κ1) is 7.49. The molecule has 1 atom stereocenters. The molecule has 0 bridgehead atoms. The van der Waals surface area contributed by atoms with Crippen LogP contribution in [0.5, 0.6) is 0 Å². The predicted molar refractivity (Wildman–Crippen MR) is 44.0 cm³/mol. The maximum Gasteiger partial charge on any atom is 0.236 e. The Balaban J connectivity index is 2.27. The van der Waals surface area contributed by atoms with Gasteiger partial charge in [0.05, 0.1) is 5.69 Å². The third-order valence-electron chi connectivity index (χ3n) is 2.11. The molecular weight excluding hydrogens is 157 g/mol. The van der Waals surface area contributed by atoms with Crippen molar-refractivity contribution in [3.05, 3.63) is 23.8 Å². The Kier molecular flexibility index (Phi) is 1.69. The molecule has 1 unspecified atom stereocenters. The molecule has 64 valence electrons. The van der Waals surface area contributed by atoms with Crippen molar-refractivity contribution in [1.82, 2.24) is 10.3 Å². The molecular formula is C8H10FN3. The molecule has 3 N–H and O–H groups in total. The van der Waals surface area contributed by atoms with Crippen molar-refractivity contribution < 1.29 is 4.39 Å². The Morgan fingerprint density at radius 3 is 2.92 bits per heavy atom. The Morgan fingerprint density at radius 2 is 2.42 bits per heavy atom. The summed E-state index contributed by atoms with van der Waals surface area (Å²) >= 11 is 0. The highest BCUT2D eigenvalue weighted by atomic mass is 19.1. The van der Waals surface area contributed by atoms with Crippen LogP contribution in [0.1, 0.15) is 18.0 Å². The molecule has 0 radical (unpaired) electrons. The number of pyridine rings is 1. The Hall–Kier alpha value is -1.16. The zero-order chi connectivity index (χ0) is 8.55. The van der Waals surface area contributed by atoms with E-state index in [0.717, 1.165) is 18.5 Å². The van der Waals surface area contributed by atoms with E-state index in [1.807, 2.05) is 0 Å². The maximum absolute atomic E-state index is 12.6. The van der Waals surface area contributed by atoms with Crippen LogP contribution in [0.25, 0.3) is 0 Å². The van der Waals surface area contributed by atoms with Gasteiger partial charge < -0.3 is 11.1 Å². The summed E-state index contributed by atoms with van der Waals surface area (Å²) in [4.78, 5) is 3.55. The van der Waals surface area contributed by atoms with Gasteiger partial charge in [0, 0.05) is 12.2 Å². The molecule has 1 saturated heterocycles. The van der Waals surface area contributed by atoms with E-state index in [-0.39, 0.29) is 5.69 Å². The van der Waals surface area contributed by atoms with Gasteiger partial charge in [0.15, 0.2) is 0 Å². The zero-order valence-electron chi connectivity index (χ0n) is 6.55. The SMILES string of the molecule is Nc1cc(C2CCN2)cnc1F. The number of nitrogens with one attached hydrogen (secondary N) is 1. The third-order valence-corrected chi connectivity index (χ3v) is 2.11. The third kappa shape index (κ3) is 1.14. The maximum atomic E-state index is 12.6. The van der Waals surface area contributed by atoms with Gasteiger partial charge in [0.2, 0.25) is 5.95 Å². The molecule has 0 saturated carbocycles. The first-order chi connectivity index (χ1) is 5.77. The molecule has 0 amide bonds. The van der Waals surface area contributed by atoms with Crippen molar-refractivity contribution in [2.24, 2.45) is 0 Å². The average molecular weight is 167 g/mol. The number of hydrogen-bond acceptors (Lipinski definition) is 3. The van der Waals surface area contributed by atoms with Gasteiger partial charge in [-0.15, -0.1) is 0 Å². The lowest BCUT2D eigenvalue weighted by molar-refractivity contribution is 0.381. The molecule has 1 fully saturated rings. The van der Waals surface area contributed by atoms with Crippen LogP contribution < -0.4 is 11.1 Å². The summed E-state index contributed by atoms with van der Waals surface area (Å²) < 4.78 is 12.6. The van der Waals surface area contributed by atoms with Crippen molar-refractivity contribution >= 4 is 5.69 Å². The summed E-state index contributed by atoms with van der Waals surface area (Å²) in [7, 11) is 0. The van der Waals surface area contributed by atoms with E-state index in [1.165, 1.54) is 6.20 Å². The largest absolute Gasteiger partial charge is 0.395 e. The summed E-state index contributed by atoms with van der Waals surface area (Å²) in [6, 6.07) is 1.96. The van der Waals surface area contributed by atoms with Crippen molar-refractivity contribution in [3.8, 4) is 0 Å². The fraction of sp³-hybridized carbons (Fsp3) is 0.375. The molecule has 0 aliphatic carbocycles. The monoisotopic (exact) mass is 167 g/mol. The minimum atomic E-state index is -0.585. The highest BCUT2D eigenvalue weighted by Crippen LogP contribution is 2.23. The molecule has 1 aromatic heterocycles. The summed E-state index contributed by atoms with van der Waals surface area (Å²) in [6.45, 7) is 1.02. The molecule has 2 heterocycles. The summed E-state index contributed by atoms with van der Waals surface area (Å²) in [5.41, 5.74) is 6.47. The Labute approximate surface area is 69.8 Å². The minimum Gasteiger partial charge on any atom is -0.395 e. The van der Waals surface area contributed by atoms with Crippen molar-refractivity contribution in [3.63, 3.8) is 0 Å². The number of nitrogens with zero attached hydrogens (tertiary/aromatic N) is 1. The quantitative estimate of drug-likeness (QED) is 0.609. The normalized spacial score (nSPS) is 21.9. The number of nitrogens with two attached hydrogens (primary N) is 1. The Bertz CT molecular complexity index is 296. The molecule has 12 heavy (non-hydrogen) atoms. The molecule has 0 aromatic carbocycles. The van der Waals surface area contributed by atoms with E-state index >= 15 is 0 Å². The second-order valence-corrected chi connectivity index (χ2v) is 2.94. The van der Waals surface area contributed by atoms with Gasteiger partial charge in [0.25, 0.3) is 0 Å². The summed E-state index contributed by atoms with van der Waals surface area (Å²) in [5.74, 6) is -0.585. The number of anilines is 1. The van der Waals surface area contributed by atoms with Gasteiger partial charge in [-0.2, -0.15) is 4.39 Å². The lowest BCUT2D eigenvalue weighted by Gasteiger charge is -2.27. The second-order valence-electron chi connectivity index (χ2n) is 2.94. The Morgan fingerprint density at radius 1 is 1.67 bits per heavy atom. The van der Waals surface area contributed by atoms with Gasteiger partial charge in [-0.3, -0.25) is 0 Å². The van der Waals surface area contributed by atoms with Gasteiger partial charge >= 0.3 is 0 Å². The highest BCUT2D eigenvalue weighted by Gasteiger charge is 2.19. The van der Waals surface area contributed by atoms with Crippen molar-refractivity contribution in [1.29, 1.82) is 0 Å². The van der Waals surface area contributed by atoms with E-state index in [0.29, 0.717) is 6.04 Å². The van der Waals surface area contributed by atoms with Crippen LogP contribution in [0.15, 0.2) is 12.3 Å². The van der Waals surface area contributed by atoms with Crippen molar-refractivity contribution in [2.45, 2.75) is 12.5 Å². The van der Waals surface area contributed by atoms with Gasteiger partial charge in [0.1, 0.15) is 0 Å². The van der Waals surface area contributed by atoms with Gasteiger partial charge in [-0.25, -0.2) is 4.98 Å². The lowest BCUT2D eigenvalue weighted by atomic mass is 10.00. The smallest absolute Gasteiger partial charge is 0.236 e. The lowest BCUT2D eigenvalue weighted by Crippen LogP contribution is -2.35. The molecule has 2 rings (SSSR count). The fourth-order valence-corrected chi connectivity index (χ4v) is 1.25. The number of halogens is 1. The number of nitrogen functional groups attached to an aromatic ring is 1. The van der Waals surface area contributed by atoms with E-state index in [4.69, 9.17) is 5.73 Å². The zero-order valence-corrected chi connectivity index (χ0v) is 6.55. The van der Waals surface area contributed by atoms with Crippen LogP contribution in [0.4, 0.5) is 10.1 Å². The predicted octanol–water partition coefficient (Wildman–Crippen LogP) is 0.837. The molecule has 0 spiro atoms. The van der Waals surface area contributed by atoms with Crippen LogP contribution in [0.2, 0.25) is 0 Å². The van der Waals surface area contributed by atoms with Crippen LogP contribution in [0, 0.1) is 5.95 Å². The first-order valence-electron chi connectivity index (χ1n) is 3.91. The van der Waals surface area contributed by atoms with E-state index in [9.17, 15) is 4.39 Å². The van der Waals surface area contributed by atoms with E-state index < -0.39 is 5.95 Å². The van der Waals surface area contributed by atoms with Crippen LogP contribution in [-0.2, 0) is 0 Å². The topological polar surface area (TPSA) is 50.9 Å². The van der Waals surface area contributed by atoms with Crippen LogP contribution >= 0.6 is 0 Å². The summed E-state index contributed by atoms with van der Waals surface area (Å²) in [5, 5.41) is 3.19. The van der Waals surface area contributed by atoms with Crippen molar-refractivity contribution in [2.75, 3.05) is 12.3 Å². The molecule has 1 aliphatic rings. The number of aromatic nitrogens is 1. The van der Waals surface area contributed by atoms with Gasteiger partial charge in [-0.1, -0.05) is 0 Å². The van der Waals surface area contributed by atoms with Crippen LogP contribution in [-0.4, -0.2) is 11.5 Å². The van der Waals surface area contributed by atoms with Gasteiger partial charge in [-0.05, 0) is 24.6 Å². The van der Waals surface area contributed by atoms with E-state index in [2.05, 4.69) is 10.3 Å². The first-order valence-corrected chi connectivity index (χ1v) is 3.91. The molecule has 3 nitrogen and oxygen atoms in total. The van der Waals surface area contributed by atoms with Crippen LogP contribution in [0.3, 0.4) is 0 Å². The standard InChI is InChI=1S/C8H10FN3/c9-8-6(10)3-5(4-12-8)7-1-2-11-7/h3-4,7,11H,1-2,10H2. The number of hydrogen-bond donors (Lipinski definition) is 2. The second kappa shape index (κ2) is 2.71. The average Bonchev–Trinajstić information content (AvgIpc) is 1.93. The minimum absolute atomic E-state index is 0.126. The van der Waals surface area contributed by atoms with E-state index in [1.54, 1.807) is 6.07 Å². The summed E-state index contributed by atoms with van der Waals surface area (Å²) in [6.07, 6.45) is 2.61. The fourth-order valence-electron chi connectivity index (χ4n) is 1.25. The highest BCUT2D eigenvalue weighted by molar-refractivity contribution is 5.40. The molecule has 1 aromatic rings.